The van der Waals surface area contributed by atoms with Crippen LogP contribution < -0.4 is 0 Å². The molecule has 4 nitrogen and oxygen atoms in total. The lowest BCUT2D eigenvalue weighted by molar-refractivity contribution is 0.0217. The van der Waals surface area contributed by atoms with Gasteiger partial charge in [-0.05, 0) is 11.4 Å². The van der Waals surface area contributed by atoms with Crippen molar-refractivity contribution in [2.75, 3.05) is 33.5 Å². The predicted octanol–water partition coefficient (Wildman–Crippen LogP) is 1.57. The van der Waals surface area contributed by atoms with Gasteiger partial charge in [0.1, 0.15) is 11.5 Å². The zero-order chi connectivity index (χ0) is 10.9. The van der Waals surface area contributed by atoms with Gasteiger partial charge >= 0.3 is 5.97 Å². The van der Waals surface area contributed by atoms with Crippen molar-refractivity contribution < 1.29 is 19.0 Å². The van der Waals surface area contributed by atoms with Crippen LogP contribution in [0.2, 0.25) is 0 Å². The van der Waals surface area contributed by atoms with Gasteiger partial charge in [-0.25, -0.2) is 4.79 Å². The molecule has 0 radical (unpaired) electrons. The number of thiophene rings is 1. The van der Waals surface area contributed by atoms with Gasteiger partial charge in [0.05, 0.1) is 19.8 Å². The maximum Gasteiger partial charge on any atom is 0.348 e. The van der Waals surface area contributed by atoms with E-state index >= 15 is 0 Å². The molecule has 0 atom stereocenters. The Morgan fingerprint density at radius 3 is 2.80 bits per heavy atom. The third kappa shape index (κ3) is 4.92. The number of hydrogen-bond donors (Lipinski definition) is 0. The van der Waals surface area contributed by atoms with Crippen LogP contribution in [0.4, 0.5) is 0 Å². The van der Waals surface area contributed by atoms with Crippen LogP contribution in [0, 0.1) is 0 Å². The third-order valence-electron chi connectivity index (χ3n) is 1.61. The Balaban J connectivity index is 2.03. The van der Waals surface area contributed by atoms with E-state index in [9.17, 15) is 4.79 Å². The van der Waals surface area contributed by atoms with Crippen LogP contribution in [0.5, 0.6) is 0 Å². The van der Waals surface area contributed by atoms with E-state index in [1.807, 2.05) is 11.4 Å². The molecule has 0 amide bonds. The largest absolute Gasteiger partial charge is 0.459 e. The van der Waals surface area contributed by atoms with Crippen molar-refractivity contribution in [2.24, 2.45) is 0 Å². The molecule has 0 unspecified atom stereocenters. The molecular weight excluding hydrogens is 216 g/mol. The topological polar surface area (TPSA) is 44.8 Å². The molecule has 0 saturated heterocycles. The zero-order valence-corrected chi connectivity index (χ0v) is 9.42. The molecule has 0 aliphatic carbocycles. The van der Waals surface area contributed by atoms with Gasteiger partial charge in [-0.1, -0.05) is 6.07 Å². The predicted molar refractivity (Wildman–Crippen MR) is 57.3 cm³/mol. The highest BCUT2D eigenvalue weighted by Gasteiger charge is 2.06. The second kappa shape index (κ2) is 7.39. The van der Waals surface area contributed by atoms with Crippen molar-refractivity contribution in [3.8, 4) is 0 Å². The van der Waals surface area contributed by atoms with Crippen LogP contribution in [-0.2, 0) is 14.2 Å². The summed E-state index contributed by atoms with van der Waals surface area (Å²) in [6.45, 7) is 1.76. The average Bonchev–Trinajstić information content (AvgIpc) is 2.76. The number of carbonyl (C=O) groups is 1. The normalized spacial score (nSPS) is 10.2. The lowest BCUT2D eigenvalue weighted by atomic mass is 10.5. The highest BCUT2D eigenvalue weighted by Crippen LogP contribution is 2.09. The van der Waals surface area contributed by atoms with Crippen molar-refractivity contribution in [2.45, 2.75) is 0 Å². The van der Waals surface area contributed by atoms with Crippen molar-refractivity contribution in [1.29, 1.82) is 0 Å². The minimum Gasteiger partial charge on any atom is -0.459 e. The lowest BCUT2D eigenvalue weighted by Gasteiger charge is -2.04. The van der Waals surface area contributed by atoms with Gasteiger partial charge < -0.3 is 14.2 Å². The molecule has 1 heterocycles. The standard InChI is InChI=1S/C10H14O4S/c1-12-4-5-13-6-7-14-10(11)9-3-2-8-15-9/h2-3,8H,4-7H2,1H3. The summed E-state index contributed by atoms with van der Waals surface area (Å²) in [6, 6.07) is 3.55. The number of rotatable bonds is 7. The minimum absolute atomic E-state index is 0.278. The van der Waals surface area contributed by atoms with Gasteiger partial charge in [-0.3, -0.25) is 0 Å². The van der Waals surface area contributed by atoms with Gasteiger partial charge in [-0.2, -0.15) is 0 Å². The summed E-state index contributed by atoms with van der Waals surface area (Å²) in [6.07, 6.45) is 0. The second-order valence-corrected chi connectivity index (χ2v) is 3.67. The summed E-state index contributed by atoms with van der Waals surface area (Å²) in [5, 5.41) is 1.84. The molecule has 0 aliphatic rings. The zero-order valence-electron chi connectivity index (χ0n) is 8.60. The van der Waals surface area contributed by atoms with Gasteiger partial charge in [0.25, 0.3) is 0 Å². The van der Waals surface area contributed by atoms with Crippen molar-refractivity contribution >= 4 is 17.3 Å². The van der Waals surface area contributed by atoms with Crippen molar-refractivity contribution in [3.05, 3.63) is 22.4 Å². The number of carbonyl (C=O) groups excluding carboxylic acids is 1. The van der Waals surface area contributed by atoms with Crippen LogP contribution in [-0.4, -0.2) is 39.5 Å². The maximum absolute atomic E-state index is 11.3. The highest BCUT2D eigenvalue weighted by molar-refractivity contribution is 7.11. The summed E-state index contributed by atoms with van der Waals surface area (Å²) in [5.74, 6) is -0.291. The third-order valence-corrected chi connectivity index (χ3v) is 2.46. The number of esters is 1. The molecule has 0 bridgehead atoms. The van der Waals surface area contributed by atoms with E-state index in [2.05, 4.69) is 0 Å². The highest BCUT2D eigenvalue weighted by atomic mass is 32.1. The monoisotopic (exact) mass is 230 g/mol. The summed E-state index contributed by atoms with van der Waals surface area (Å²) in [4.78, 5) is 11.9. The molecule has 0 aliphatic heterocycles. The fraction of sp³-hybridized carbons (Fsp3) is 0.500. The fourth-order valence-electron chi connectivity index (χ4n) is 0.903. The van der Waals surface area contributed by atoms with Gasteiger partial charge in [0.15, 0.2) is 0 Å². The number of hydrogen-bond acceptors (Lipinski definition) is 5. The molecule has 5 heteroatoms. The molecule has 15 heavy (non-hydrogen) atoms. The summed E-state index contributed by atoms with van der Waals surface area (Å²) in [7, 11) is 1.61. The molecule has 0 spiro atoms. The minimum atomic E-state index is -0.291. The van der Waals surface area contributed by atoms with Crippen LogP contribution >= 0.6 is 11.3 Å². The Kier molecular flexibility index (Phi) is 5.99. The molecule has 1 aromatic rings. The Labute approximate surface area is 92.8 Å². The Morgan fingerprint density at radius 1 is 1.33 bits per heavy atom. The molecular formula is C10H14O4S. The average molecular weight is 230 g/mol. The Bertz CT molecular complexity index is 271. The summed E-state index contributed by atoms with van der Waals surface area (Å²) >= 11 is 1.37. The van der Waals surface area contributed by atoms with Gasteiger partial charge in [0.2, 0.25) is 0 Å². The fourth-order valence-corrected chi connectivity index (χ4v) is 1.52. The summed E-state index contributed by atoms with van der Waals surface area (Å²) < 4.78 is 14.9. The van der Waals surface area contributed by atoms with E-state index in [0.717, 1.165) is 0 Å². The maximum atomic E-state index is 11.3. The first-order chi connectivity index (χ1) is 7.34. The van der Waals surface area contributed by atoms with E-state index in [1.54, 1.807) is 13.2 Å². The van der Waals surface area contributed by atoms with E-state index in [1.165, 1.54) is 11.3 Å². The Hall–Kier alpha value is -0.910. The van der Waals surface area contributed by atoms with Crippen molar-refractivity contribution in [3.63, 3.8) is 0 Å². The van der Waals surface area contributed by atoms with Gasteiger partial charge in [-0.15, -0.1) is 11.3 Å². The summed E-state index contributed by atoms with van der Waals surface area (Å²) in [5.41, 5.74) is 0. The second-order valence-electron chi connectivity index (χ2n) is 2.72. The molecule has 84 valence electrons. The van der Waals surface area contributed by atoms with Crippen LogP contribution in [0.15, 0.2) is 17.5 Å². The smallest absolute Gasteiger partial charge is 0.348 e. The SMILES string of the molecule is COCCOCCOC(=O)c1cccs1. The van der Waals surface area contributed by atoms with Crippen LogP contribution in [0.3, 0.4) is 0 Å². The number of methoxy groups -OCH3 is 1. The van der Waals surface area contributed by atoms with Crippen LogP contribution in [0.25, 0.3) is 0 Å². The van der Waals surface area contributed by atoms with Crippen LogP contribution in [0.1, 0.15) is 9.67 Å². The van der Waals surface area contributed by atoms with E-state index in [0.29, 0.717) is 24.7 Å². The molecule has 0 aromatic carbocycles. The van der Waals surface area contributed by atoms with E-state index < -0.39 is 0 Å². The molecule has 1 aromatic heterocycles. The van der Waals surface area contributed by atoms with E-state index in [-0.39, 0.29) is 12.6 Å². The first kappa shape index (κ1) is 12.2. The molecule has 0 saturated carbocycles. The first-order valence-corrected chi connectivity index (χ1v) is 5.50. The van der Waals surface area contributed by atoms with Crippen molar-refractivity contribution in [1.82, 2.24) is 0 Å². The number of ether oxygens (including phenoxy) is 3. The molecule has 0 fully saturated rings. The quantitative estimate of drug-likeness (QED) is 0.527. The first-order valence-electron chi connectivity index (χ1n) is 4.62. The molecule has 0 N–H and O–H groups in total. The van der Waals surface area contributed by atoms with E-state index in [4.69, 9.17) is 14.2 Å². The van der Waals surface area contributed by atoms with Gasteiger partial charge in [0, 0.05) is 7.11 Å². The lowest BCUT2D eigenvalue weighted by Crippen LogP contribution is -2.11. The molecule has 1 rings (SSSR count). The Morgan fingerprint density at radius 2 is 2.13 bits per heavy atom.